The zero-order valence-electron chi connectivity index (χ0n) is 9.65. The fourth-order valence-corrected chi connectivity index (χ4v) is 3.24. The molecule has 0 aromatic carbocycles. The number of carbonyl (C=O) groups excluding carboxylic acids is 1. The summed E-state index contributed by atoms with van der Waals surface area (Å²) in [6, 6.07) is 0.443. The minimum absolute atomic E-state index is 0.145. The topological polar surface area (TPSA) is 41.6 Å². The van der Waals surface area contributed by atoms with Crippen LogP contribution in [0.3, 0.4) is 0 Å². The van der Waals surface area contributed by atoms with Crippen molar-refractivity contribution >= 4 is 5.91 Å². The first-order valence-electron chi connectivity index (χ1n) is 6.49. The molecule has 0 saturated carbocycles. The Morgan fingerprint density at radius 2 is 2.19 bits per heavy atom. The Morgan fingerprint density at radius 1 is 1.25 bits per heavy atom. The largest absolute Gasteiger partial charge is 0.368 e. The summed E-state index contributed by atoms with van der Waals surface area (Å²) in [6.45, 7) is 3.76. The SMILES string of the molecule is O=C(C1CCCCO1)N1CC[C@H]2CNC[C@H]21. The van der Waals surface area contributed by atoms with Gasteiger partial charge in [0.25, 0.3) is 5.91 Å². The molecule has 3 aliphatic heterocycles. The van der Waals surface area contributed by atoms with E-state index in [2.05, 4.69) is 10.2 Å². The van der Waals surface area contributed by atoms with Gasteiger partial charge in [0.1, 0.15) is 6.10 Å². The molecule has 3 saturated heterocycles. The van der Waals surface area contributed by atoms with E-state index in [0.717, 1.165) is 51.9 Å². The average Bonchev–Trinajstić information content (AvgIpc) is 2.91. The molecule has 1 amide bonds. The van der Waals surface area contributed by atoms with Crippen molar-refractivity contribution in [3.63, 3.8) is 0 Å². The minimum Gasteiger partial charge on any atom is -0.368 e. The van der Waals surface area contributed by atoms with Gasteiger partial charge in [-0.2, -0.15) is 0 Å². The molecule has 3 aliphatic rings. The van der Waals surface area contributed by atoms with Gasteiger partial charge in [0.2, 0.25) is 0 Å². The van der Waals surface area contributed by atoms with E-state index in [1.165, 1.54) is 0 Å². The van der Waals surface area contributed by atoms with E-state index >= 15 is 0 Å². The number of likely N-dealkylation sites (tertiary alicyclic amines) is 1. The van der Waals surface area contributed by atoms with Gasteiger partial charge in [-0.25, -0.2) is 0 Å². The maximum atomic E-state index is 12.3. The van der Waals surface area contributed by atoms with Crippen molar-refractivity contribution in [3.05, 3.63) is 0 Å². The standard InChI is InChI=1S/C12H20N2O2/c15-12(11-3-1-2-6-16-11)14-5-4-9-7-13-8-10(9)14/h9-11,13H,1-8H2/t9-,10+,11?/m0/s1. The number of hydrogen-bond acceptors (Lipinski definition) is 3. The third-order valence-corrected chi connectivity index (χ3v) is 4.18. The Kier molecular flexibility index (Phi) is 2.86. The monoisotopic (exact) mass is 224 g/mol. The maximum Gasteiger partial charge on any atom is 0.252 e. The Labute approximate surface area is 96.3 Å². The zero-order chi connectivity index (χ0) is 11.0. The number of fused-ring (bicyclic) bond motifs is 1. The van der Waals surface area contributed by atoms with E-state index in [4.69, 9.17) is 4.74 Å². The van der Waals surface area contributed by atoms with E-state index in [0.29, 0.717) is 12.0 Å². The molecule has 3 fully saturated rings. The molecule has 4 nitrogen and oxygen atoms in total. The average molecular weight is 224 g/mol. The highest BCUT2D eigenvalue weighted by atomic mass is 16.5. The molecule has 0 bridgehead atoms. The van der Waals surface area contributed by atoms with E-state index in [-0.39, 0.29) is 12.0 Å². The molecule has 1 N–H and O–H groups in total. The summed E-state index contributed by atoms with van der Waals surface area (Å²) < 4.78 is 5.59. The second-order valence-electron chi connectivity index (χ2n) is 5.16. The Morgan fingerprint density at radius 3 is 3.00 bits per heavy atom. The third-order valence-electron chi connectivity index (χ3n) is 4.18. The highest BCUT2D eigenvalue weighted by Gasteiger charge is 2.42. The van der Waals surface area contributed by atoms with Crippen LogP contribution in [0.4, 0.5) is 0 Å². The summed E-state index contributed by atoms with van der Waals surface area (Å²) in [5.41, 5.74) is 0. The first-order chi connectivity index (χ1) is 7.86. The molecular weight excluding hydrogens is 204 g/mol. The normalized spacial score (nSPS) is 38.8. The Balaban J connectivity index is 1.65. The predicted molar refractivity (Wildman–Crippen MR) is 60.1 cm³/mol. The van der Waals surface area contributed by atoms with Crippen molar-refractivity contribution in [1.29, 1.82) is 0 Å². The van der Waals surface area contributed by atoms with Crippen LogP contribution in [-0.4, -0.2) is 49.2 Å². The van der Waals surface area contributed by atoms with Crippen LogP contribution in [0.2, 0.25) is 0 Å². The molecule has 0 aromatic rings. The molecule has 90 valence electrons. The van der Waals surface area contributed by atoms with Gasteiger partial charge in [-0.1, -0.05) is 0 Å². The second-order valence-corrected chi connectivity index (χ2v) is 5.16. The number of rotatable bonds is 1. The Bertz CT molecular complexity index is 276. The summed E-state index contributed by atoms with van der Waals surface area (Å²) in [5.74, 6) is 0.934. The molecule has 3 heterocycles. The van der Waals surface area contributed by atoms with Gasteiger partial charge in [-0.05, 0) is 31.6 Å². The predicted octanol–water partition coefficient (Wildman–Crippen LogP) is 0.376. The lowest BCUT2D eigenvalue weighted by atomic mass is 10.0. The summed E-state index contributed by atoms with van der Waals surface area (Å²) in [5, 5.41) is 3.38. The van der Waals surface area contributed by atoms with Crippen LogP contribution in [0.15, 0.2) is 0 Å². The van der Waals surface area contributed by atoms with Gasteiger partial charge in [-0.3, -0.25) is 4.79 Å². The zero-order valence-corrected chi connectivity index (χ0v) is 9.65. The van der Waals surface area contributed by atoms with Gasteiger partial charge in [-0.15, -0.1) is 0 Å². The van der Waals surface area contributed by atoms with Gasteiger partial charge >= 0.3 is 0 Å². The fourth-order valence-electron chi connectivity index (χ4n) is 3.24. The van der Waals surface area contributed by atoms with Gasteiger partial charge < -0.3 is 15.0 Å². The molecule has 3 rings (SSSR count). The van der Waals surface area contributed by atoms with Crippen molar-refractivity contribution < 1.29 is 9.53 Å². The quantitative estimate of drug-likeness (QED) is 0.700. The minimum atomic E-state index is -0.145. The van der Waals surface area contributed by atoms with Crippen molar-refractivity contribution in [1.82, 2.24) is 10.2 Å². The van der Waals surface area contributed by atoms with Gasteiger partial charge in [0, 0.05) is 32.3 Å². The van der Waals surface area contributed by atoms with Crippen molar-refractivity contribution in [3.8, 4) is 0 Å². The first-order valence-corrected chi connectivity index (χ1v) is 6.49. The van der Waals surface area contributed by atoms with Gasteiger partial charge in [0.15, 0.2) is 0 Å². The van der Waals surface area contributed by atoms with Crippen molar-refractivity contribution in [2.75, 3.05) is 26.2 Å². The molecular formula is C12H20N2O2. The maximum absolute atomic E-state index is 12.3. The molecule has 1 unspecified atom stereocenters. The number of amides is 1. The number of carbonyl (C=O) groups is 1. The van der Waals surface area contributed by atoms with Crippen LogP contribution in [0.1, 0.15) is 25.7 Å². The van der Waals surface area contributed by atoms with Crippen LogP contribution in [0.5, 0.6) is 0 Å². The highest BCUT2D eigenvalue weighted by molar-refractivity contribution is 5.81. The van der Waals surface area contributed by atoms with E-state index in [9.17, 15) is 4.79 Å². The van der Waals surface area contributed by atoms with Crippen LogP contribution in [0, 0.1) is 5.92 Å². The van der Waals surface area contributed by atoms with Gasteiger partial charge in [0.05, 0.1) is 0 Å². The summed E-state index contributed by atoms with van der Waals surface area (Å²) in [7, 11) is 0. The second kappa shape index (κ2) is 4.34. The van der Waals surface area contributed by atoms with Crippen molar-refractivity contribution in [2.24, 2.45) is 5.92 Å². The number of nitrogens with zero attached hydrogens (tertiary/aromatic N) is 1. The highest BCUT2D eigenvalue weighted by Crippen LogP contribution is 2.29. The summed E-state index contributed by atoms with van der Waals surface area (Å²) in [4.78, 5) is 14.4. The fraction of sp³-hybridized carbons (Fsp3) is 0.917. The molecule has 0 aromatic heterocycles. The summed E-state index contributed by atoms with van der Waals surface area (Å²) in [6.07, 6.45) is 4.18. The first kappa shape index (κ1) is 10.5. The van der Waals surface area contributed by atoms with E-state index in [1.807, 2.05) is 0 Å². The van der Waals surface area contributed by atoms with Crippen molar-refractivity contribution in [2.45, 2.75) is 37.8 Å². The number of ether oxygens (including phenoxy) is 1. The lowest BCUT2D eigenvalue weighted by Crippen LogP contribution is -2.46. The number of hydrogen-bond donors (Lipinski definition) is 1. The van der Waals surface area contributed by atoms with E-state index < -0.39 is 0 Å². The summed E-state index contributed by atoms with van der Waals surface area (Å²) >= 11 is 0. The lowest BCUT2D eigenvalue weighted by Gasteiger charge is -2.30. The third kappa shape index (κ3) is 1.74. The molecule has 16 heavy (non-hydrogen) atoms. The molecule has 0 spiro atoms. The van der Waals surface area contributed by atoms with E-state index in [1.54, 1.807) is 0 Å². The van der Waals surface area contributed by atoms with Crippen LogP contribution < -0.4 is 5.32 Å². The lowest BCUT2D eigenvalue weighted by molar-refractivity contribution is -0.147. The van der Waals surface area contributed by atoms with Crippen LogP contribution >= 0.6 is 0 Å². The number of nitrogens with one attached hydrogen (secondary N) is 1. The molecule has 3 atom stereocenters. The molecule has 0 aliphatic carbocycles. The molecule has 4 heteroatoms. The Hall–Kier alpha value is -0.610. The smallest absolute Gasteiger partial charge is 0.252 e. The van der Waals surface area contributed by atoms with Crippen LogP contribution in [0.25, 0.3) is 0 Å². The molecule has 0 radical (unpaired) electrons. The van der Waals surface area contributed by atoms with Crippen LogP contribution in [-0.2, 0) is 9.53 Å².